The summed E-state index contributed by atoms with van der Waals surface area (Å²) in [5, 5.41) is 2.87. The van der Waals surface area contributed by atoms with Gasteiger partial charge in [0.2, 0.25) is 15.9 Å². The van der Waals surface area contributed by atoms with Crippen molar-refractivity contribution in [2.24, 2.45) is 0 Å². The Kier molecular flexibility index (Phi) is 6.45. The van der Waals surface area contributed by atoms with Crippen molar-refractivity contribution in [1.82, 2.24) is 4.31 Å². The maximum Gasteiger partial charge on any atom is 0.247 e. The van der Waals surface area contributed by atoms with Gasteiger partial charge in [-0.1, -0.05) is 29.8 Å². The SMILES string of the molecule is COc1c(Br)cc(Cl)cc1S(=O)(=O)N(C)CC(=O)Nc1ccccc1. The molecule has 1 N–H and O–H groups in total. The van der Waals surface area contributed by atoms with Gasteiger partial charge in [0.15, 0.2) is 5.75 Å². The fraction of sp³-hybridized carbons (Fsp3) is 0.188. The molecule has 0 unspecified atom stereocenters. The monoisotopic (exact) mass is 446 g/mol. The second-order valence-corrected chi connectivity index (χ2v) is 8.40. The van der Waals surface area contributed by atoms with Crippen LogP contribution in [-0.4, -0.2) is 39.3 Å². The van der Waals surface area contributed by atoms with Crippen molar-refractivity contribution in [2.75, 3.05) is 26.0 Å². The van der Waals surface area contributed by atoms with Gasteiger partial charge in [-0.2, -0.15) is 4.31 Å². The van der Waals surface area contributed by atoms with Gasteiger partial charge in [0.25, 0.3) is 0 Å². The number of anilines is 1. The van der Waals surface area contributed by atoms with E-state index in [9.17, 15) is 13.2 Å². The van der Waals surface area contributed by atoms with Gasteiger partial charge < -0.3 is 10.1 Å². The van der Waals surface area contributed by atoms with Crippen LogP contribution in [0.5, 0.6) is 5.75 Å². The van der Waals surface area contributed by atoms with Crippen molar-refractivity contribution in [3.8, 4) is 5.75 Å². The number of hydrogen-bond donors (Lipinski definition) is 1. The molecule has 0 spiro atoms. The summed E-state index contributed by atoms with van der Waals surface area (Å²) in [5.74, 6) is -0.336. The van der Waals surface area contributed by atoms with Gasteiger partial charge >= 0.3 is 0 Å². The van der Waals surface area contributed by atoms with E-state index in [-0.39, 0.29) is 22.2 Å². The molecule has 2 aromatic carbocycles. The molecular weight excluding hydrogens is 432 g/mol. The number of ether oxygens (including phenoxy) is 1. The summed E-state index contributed by atoms with van der Waals surface area (Å²) in [6, 6.07) is 11.6. The third kappa shape index (κ3) is 4.72. The van der Waals surface area contributed by atoms with Gasteiger partial charge in [-0.05, 0) is 40.2 Å². The lowest BCUT2D eigenvalue weighted by Crippen LogP contribution is -2.35. The minimum atomic E-state index is -3.98. The molecule has 6 nitrogen and oxygen atoms in total. The standard InChI is InChI=1S/C16H16BrClN2O4S/c1-20(10-15(21)19-12-6-4-3-5-7-12)25(22,23)14-9-11(18)8-13(17)16(14)24-2/h3-9H,10H2,1-2H3,(H,19,21). The van der Waals surface area contributed by atoms with Crippen molar-refractivity contribution in [1.29, 1.82) is 0 Å². The van der Waals surface area contributed by atoms with Crippen molar-refractivity contribution >= 4 is 49.1 Å². The number of carbonyl (C=O) groups is 1. The van der Waals surface area contributed by atoms with Crippen molar-refractivity contribution in [3.63, 3.8) is 0 Å². The first-order valence-electron chi connectivity index (χ1n) is 7.10. The van der Waals surface area contributed by atoms with Gasteiger partial charge in [0, 0.05) is 17.8 Å². The van der Waals surface area contributed by atoms with Crippen molar-refractivity contribution < 1.29 is 17.9 Å². The maximum absolute atomic E-state index is 12.8. The molecule has 0 aromatic heterocycles. The van der Waals surface area contributed by atoms with Crippen LogP contribution in [0, 0.1) is 0 Å². The zero-order valence-corrected chi connectivity index (χ0v) is 16.7. The predicted octanol–water partition coefficient (Wildman–Crippen LogP) is 3.37. The number of rotatable bonds is 6. The van der Waals surface area contributed by atoms with Crippen molar-refractivity contribution in [3.05, 3.63) is 52.0 Å². The van der Waals surface area contributed by atoms with Crippen molar-refractivity contribution in [2.45, 2.75) is 4.90 Å². The summed E-state index contributed by atoms with van der Waals surface area (Å²) < 4.78 is 32.1. The first-order chi connectivity index (χ1) is 11.8. The van der Waals surface area contributed by atoms with Gasteiger partial charge in [-0.25, -0.2) is 8.42 Å². The first-order valence-corrected chi connectivity index (χ1v) is 9.71. The number of nitrogens with one attached hydrogen (secondary N) is 1. The fourth-order valence-electron chi connectivity index (χ4n) is 2.10. The van der Waals surface area contributed by atoms with Crippen LogP contribution in [0.2, 0.25) is 5.02 Å². The number of hydrogen-bond acceptors (Lipinski definition) is 4. The molecule has 134 valence electrons. The average molecular weight is 448 g/mol. The zero-order valence-electron chi connectivity index (χ0n) is 13.5. The molecule has 0 aliphatic carbocycles. The summed E-state index contributed by atoms with van der Waals surface area (Å²) in [6.45, 7) is -0.357. The van der Waals surface area contributed by atoms with Crippen LogP contribution in [-0.2, 0) is 14.8 Å². The molecule has 25 heavy (non-hydrogen) atoms. The van der Waals surface area contributed by atoms with E-state index in [0.717, 1.165) is 4.31 Å². The maximum atomic E-state index is 12.8. The summed E-state index contributed by atoms with van der Waals surface area (Å²) >= 11 is 9.18. The zero-order chi connectivity index (χ0) is 18.6. The summed E-state index contributed by atoms with van der Waals surface area (Å²) in [7, 11) is -1.31. The minimum Gasteiger partial charge on any atom is -0.494 e. The molecule has 0 radical (unpaired) electrons. The summed E-state index contributed by atoms with van der Waals surface area (Å²) in [4.78, 5) is 12.0. The summed E-state index contributed by atoms with van der Waals surface area (Å²) in [6.07, 6.45) is 0. The number of nitrogens with zero attached hydrogens (tertiary/aromatic N) is 1. The lowest BCUT2D eigenvalue weighted by molar-refractivity contribution is -0.116. The van der Waals surface area contributed by atoms with Gasteiger partial charge in [-0.3, -0.25) is 4.79 Å². The molecule has 0 fully saturated rings. The quantitative estimate of drug-likeness (QED) is 0.737. The number of amides is 1. The normalized spacial score (nSPS) is 11.4. The molecular formula is C16H16BrClN2O4S. The van der Waals surface area contributed by atoms with Crippen LogP contribution in [0.4, 0.5) is 5.69 Å². The number of halogens is 2. The molecule has 1 amide bonds. The molecule has 0 aliphatic heterocycles. The molecule has 0 saturated carbocycles. The van der Waals surface area contributed by atoms with Crippen LogP contribution < -0.4 is 10.1 Å². The van der Waals surface area contributed by atoms with Gasteiger partial charge in [0.05, 0.1) is 18.1 Å². The molecule has 9 heteroatoms. The van der Waals surface area contributed by atoms with E-state index in [1.807, 2.05) is 6.07 Å². The second-order valence-electron chi connectivity index (χ2n) is 5.09. The minimum absolute atomic E-state index is 0.121. The number of carbonyl (C=O) groups excluding carboxylic acids is 1. The largest absolute Gasteiger partial charge is 0.494 e. The highest BCUT2D eigenvalue weighted by Crippen LogP contribution is 2.36. The Hall–Kier alpha value is -1.61. The number of sulfonamides is 1. The van der Waals surface area contributed by atoms with Gasteiger partial charge in [-0.15, -0.1) is 0 Å². The molecule has 0 bridgehead atoms. The third-order valence-electron chi connectivity index (χ3n) is 3.29. The lowest BCUT2D eigenvalue weighted by atomic mass is 10.3. The number of benzene rings is 2. The van der Waals surface area contributed by atoms with Crippen LogP contribution >= 0.6 is 27.5 Å². The lowest BCUT2D eigenvalue weighted by Gasteiger charge is -2.19. The molecule has 0 aliphatic rings. The van der Waals surface area contributed by atoms with E-state index in [4.69, 9.17) is 16.3 Å². The molecule has 0 atom stereocenters. The Bertz CT molecular complexity index is 875. The Morgan fingerprint density at radius 3 is 2.52 bits per heavy atom. The van der Waals surface area contributed by atoms with Crippen LogP contribution in [0.25, 0.3) is 0 Å². The van der Waals surface area contributed by atoms with Crippen LogP contribution in [0.3, 0.4) is 0 Å². The Morgan fingerprint density at radius 2 is 1.92 bits per heavy atom. The Morgan fingerprint density at radius 1 is 1.28 bits per heavy atom. The highest BCUT2D eigenvalue weighted by atomic mass is 79.9. The highest BCUT2D eigenvalue weighted by molar-refractivity contribution is 9.10. The van der Waals surface area contributed by atoms with E-state index in [2.05, 4.69) is 21.2 Å². The number of methoxy groups -OCH3 is 1. The molecule has 0 heterocycles. The number of likely N-dealkylation sites (N-methyl/N-ethyl adjacent to an activating group) is 1. The molecule has 2 rings (SSSR count). The Labute approximate surface area is 159 Å². The summed E-state index contributed by atoms with van der Waals surface area (Å²) in [5.41, 5.74) is 0.585. The van der Waals surface area contributed by atoms with Crippen LogP contribution in [0.15, 0.2) is 51.8 Å². The van der Waals surface area contributed by atoms with Crippen LogP contribution in [0.1, 0.15) is 0 Å². The van der Waals surface area contributed by atoms with E-state index < -0.39 is 15.9 Å². The molecule has 2 aromatic rings. The average Bonchev–Trinajstić information content (AvgIpc) is 2.54. The first kappa shape index (κ1) is 19.7. The number of para-hydroxylation sites is 1. The topological polar surface area (TPSA) is 75.7 Å². The molecule has 0 saturated heterocycles. The predicted molar refractivity (Wildman–Crippen MR) is 101 cm³/mol. The van der Waals surface area contributed by atoms with E-state index in [1.165, 1.54) is 26.3 Å². The fourth-order valence-corrected chi connectivity index (χ4v) is 4.60. The highest BCUT2D eigenvalue weighted by Gasteiger charge is 2.28. The van der Waals surface area contributed by atoms with E-state index in [0.29, 0.717) is 10.2 Å². The third-order valence-corrected chi connectivity index (χ3v) is 5.91. The smallest absolute Gasteiger partial charge is 0.247 e. The Balaban J connectivity index is 2.23. The second kappa shape index (κ2) is 8.18. The van der Waals surface area contributed by atoms with E-state index >= 15 is 0 Å². The van der Waals surface area contributed by atoms with E-state index in [1.54, 1.807) is 24.3 Å². The van der Waals surface area contributed by atoms with Gasteiger partial charge in [0.1, 0.15) is 4.90 Å².